The first-order valence-electron chi connectivity index (χ1n) is 9.81. The number of thioether (sulfide) groups is 1. The number of amides is 1. The first kappa shape index (κ1) is 22.2. The Balaban J connectivity index is 1.56. The van der Waals surface area contributed by atoms with Gasteiger partial charge in [-0.2, -0.15) is 0 Å². The molecular weight excluding hydrogens is 418 g/mol. The number of aromatic nitrogens is 3. The summed E-state index contributed by atoms with van der Waals surface area (Å²) in [5, 5.41) is 12.3. The van der Waals surface area contributed by atoms with Crippen LogP contribution in [-0.2, 0) is 11.2 Å². The number of nitrogen functional groups attached to an aromatic ring is 1. The third kappa shape index (κ3) is 5.77. The van der Waals surface area contributed by atoms with E-state index in [1.54, 1.807) is 12.1 Å². The van der Waals surface area contributed by atoms with Gasteiger partial charge in [-0.3, -0.25) is 4.79 Å². The smallest absolute Gasteiger partial charge is 0.230 e. The molecule has 0 aliphatic heterocycles. The van der Waals surface area contributed by atoms with E-state index in [2.05, 4.69) is 53.6 Å². The summed E-state index contributed by atoms with van der Waals surface area (Å²) >= 11 is 7.27. The number of hydrogen-bond acceptors (Lipinski definition) is 5. The van der Waals surface area contributed by atoms with E-state index in [1.165, 1.54) is 22.0 Å². The van der Waals surface area contributed by atoms with Crippen LogP contribution in [0.1, 0.15) is 37.9 Å². The van der Waals surface area contributed by atoms with Gasteiger partial charge >= 0.3 is 0 Å². The van der Waals surface area contributed by atoms with E-state index in [4.69, 9.17) is 17.4 Å². The number of nitrogens with zero attached hydrogens (tertiary/aromatic N) is 3. The van der Waals surface area contributed by atoms with Crippen molar-refractivity contribution >= 4 is 29.3 Å². The van der Waals surface area contributed by atoms with E-state index < -0.39 is 0 Å². The molecule has 1 heterocycles. The highest BCUT2D eigenvalue weighted by Crippen LogP contribution is 2.24. The van der Waals surface area contributed by atoms with Crippen LogP contribution in [0.25, 0.3) is 11.4 Å². The third-order valence-corrected chi connectivity index (χ3v) is 5.76. The molecule has 2 aromatic carbocycles. The zero-order chi connectivity index (χ0) is 21.7. The number of hydrogen-bond donors (Lipinski definition) is 2. The Morgan fingerprint density at radius 2 is 1.90 bits per heavy atom. The van der Waals surface area contributed by atoms with Crippen LogP contribution < -0.4 is 11.2 Å². The molecule has 1 atom stereocenters. The Hall–Kier alpha value is -2.51. The summed E-state index contributed by atoms with van der Waals surface area (Å²) in [6.07, 6.45) is 1.05. The molecule has 0 aliphatic carbocycles. The van der Waals surface area contributed by atoms with Gasteiger partial charge in [0.25, 0.3) is 0 Å². The van der Waals surface area contributed by atoms with Crippen LogP contribution in [-0.4, -0.2) is 26.5 Å². The normalized spacial score (nSPS) is 12.2. The Morgan fingerprint density at radius 3 is 2.57 bits per heavy atom. The monoisotopic (exact) mass is 443 g/mol. The van der Waals surface area contributed by atoms with Gasteiger partial charge in [0.05, 0.1) is 11.8 Å². The number of rotatable bonds is 8. The molecule has 3 N–H and O–H groups in total. The maximum Gasteiger partial charge on any atom is 0.230 e. The highest BCUT2D eigenvalue weighted by molar-refractivity contribution is 7.99. The first-order chi connectivity index (χ1) is 14.3. The van der Waals surface area contributed by atoms with Crippen LogP contribution in [0.5, 0.6) is 0 Å². The van der Waals surface area contributed by atoms with Crippen molar-refractivity contribution in [3.8, 4) is 11.4 Å². The van der Waals surface area contributed by atoms with Crippen LogP contribution >= 0.6 is 23.4 Å². The summed E-state index contributed by atoms with van der Waals surface area (Å²) in [7, 11) is 0. The molecule has 0 saturated carbocycles. The molecule has 0 unspecified atom stereocenters. The van der Waals surface area contributed by atoms with Crippen LogP contribution in [0.3, 0.4) is 0 Å². The maximum absolute atomic E-state index is 12.4. The van der Waals surface area contributed by atoms with Crippen molar-refractivity contribution in [1.82, 2.24) is 20.2 Å². The molecule has 158 valence electrons. The summed E-state index contributed by atoms with van der Waals surface area (Å²) in [5.74, 6) is 7.33. The fraction of sp³-hybridized carbons (Fsp3) is 0.318. The first-order valence-corrected chi connectivity index (χ1v) is 11.2. The highest BCUT2D eigenvalue weighted by Gasteiger charge is 2.15. The van der Waals surface area contributed by atoms with Gasteiger partial charge < -0.3 is 11.2 Å². The lowest BCUT2D eigenvalue weighted by molar-refractivity contribution is -0.119. The van der Waals surface area contributed by atoms with Crippen LogP contribution in [0.15, 0.2) is 53.7 Å². The van der Waals surface area contributed by atoms with Crippen molar-refractivity contribution in [3.05, 3.63) is 64.7 Å². The van der Waals surface area contributed by atoms with E-state index in [-0.39, 0.29) is 17.7 Å². The predicted molar refractivity (Wildman–Crippen MR) is 123 cm³/mol. The summed E-state index contributed by atoms with van der Waals surface area (Å²) in [5.41, 5.74) is 3.15. The average molecular weight is 444 g/mol. The molecule has 8 heteroatoms. The second kappa shape index (κ2) is 10.00. The largest absolute Gasteiger partial charge is 0.349 e. The van der Waals surface area contributed by atoms with Gasteiger partial charge in [0, 0.05) is 10.6 Å². The number of nitrogens with two attached hydrogens (primary N) is 1. The summed E-state index contributed by atoms with van der Waals surface area (Å²) in [6, 6.07) is 15.5. The molecule has 0 bridgehead atoms. The number of nitrogens with one attached hydrogen (secondary N) is 1. The maximum atomic E-state index is 12.4. The predicted octanol–water partition coefficient (Wildman–Crippen LogP) is 4.48. The van der Waals surface area contributed by atoms with Crippen molar-refractivity contribution in [2.24, 2.45) is 5.92 Å². The molecule has 1 aromatic heterocycles. The van der Waals surface area contributed by atoms with Gasteiger partial charge in [-0.15, -0.1) is 10.2 Å². The lowest BCUT2D eigenvalue weighted by Gasteiger charge is -2.15. The van der Waals surface area contributed by atoms with Gasteiger partial charge in [0.2, 0.25) is 11.1 Å². The number of carbonyl (C=O) groups is 1. The van der Waals surface area contributed by atoms with E-state index in [0.717, 1.165) is 17.5 Å². The minimum atomic E-state index is -0.0916. The Kier molecular flexibility index (Phi) is 7.39. The minimum Gasteiger partial charge on any atom is -0.349 e. The van der Waals surface area contributed by atoms with Gasteiger partial charge in [0.1, 0.15) is 0 Å². The van der Waals surface area contributed by atoms with Gasteiger partial charge in [-0.05, 0) is 42.5 Å². The van der Waals surface area contributed by atoms with Crippen LogP contribution in [0, 0.1) is 5.92 Å². The molecule has 6 nitrogen and oxygen atoms in total. The molecule has 1 amide bonds. The lowest BCUT2D eigenvalue weighted by Crippen LogP contribution is -2.28. The van der Waals surface area contributed by atoms with Crippen molar-refractivity contribution < 1.29 is 4.79 Å². The van der Waals surface area contributed by atoms with Crippen LogP contribution in [0.4, 0.5) is 0 Å². The second-order valence-electron chi connectivity index (χ2n) is 7.60. The lowest BCUT2D eigenvalue weighted by atomic mass is 10.00. The molecule has 0 radical (unpaired) electrons. The summed E-state index contributed by atoms with van der Waals surface area (Å²) < 4.78 is 1.38. The molecule has 0 saturated heterocycles. The van der Waals surface area contributed by atoms with Crippen molar-refractivity contribution in [1.29, 1.82) is 0 Å². The molecule has 30 heavy (non-hydrogen) atoms. The van der Waals surface area contributed by atoms with E-state index in [9.17, 15) is 4.79 Å². The van der Waals surface area contributed by atoms with Crippen molar-refractivity contribution in [2.75, 3.05) is 11.6 Å². The zero-order valence-corrected chi connectivity index (χ0v) is 18.9. The number of benzene rings is 2. The molecule has 0 aliphatic rings. The Labute approximate surface area is 186 Å². The van der Waals surface area contributed by atoms with Gasteiger partial charge in [0.15, 0.2) is 5.82 Å². The SMILES string of the molecule is CC(C)Cc1ccc([C@H](C)NC(=O)CSc2nnc(-c3cccc(Cl)c3)n2N)cc1. The van der Waals surface area contributed by atoms with E-state index in [1.807, 2.05) is 19.1 Å². The zero-order valence-electron chi connectivity index (χ0n) is 17.3. The molecular formula is C22H26ClN5OS. The van der Waals surface area contributed by atoms with Crippen molar-refractivity contribution in [3.63, 3.8) is 0 Å². The molecule has 3 rings (SSSR count). The van der Waals surface area contributed by atoms with E-state index in [0.29, 0.717) is 21.9 Å². The van der Waals surface area contributed by atoms with Gasteiger partial charge in [-0.1, -0.05) is 73.6 Å². The minimum absolute atomic E-state index is 0.0797. The standard InChI is InChI=1S/C22H26ClN5OS/c1-14(2)11-16-7-9-17(10-8-16)15(3)25-20(29)13-30-22-27-26-21(28(22)24)18-5-4-6-19(23)12-18/h4-10,12,14-15H,11,13,24H2,1-3H3,(H,25,29)/t15-/m0/s1. The topological polar surface area (TPSA) is 85.8 Å². The van der Waals surface area contributed by atoms with Crippen LogP contribution in [0.2, 0.25) is 5.02 Å². The quantitative estimate of drug-likeness (QED) is 0.396. The highest BCUT2D eigenvalue weighted by atomic mass is 35.5. The second-order valence-corrected chi connectivity index (χ2v) is 8.98. The third-order valence-electron chi connectivity index (χ3n) is 4.58. The molecule has 0 spiro atoms. The summed E-state index contributed by atoms with van der Waals surface area (Å²) in [4.78, 5) is 12.4. The number of carbonyl (C=O) groups excluding carboxylic acids is 1. The fourth-order valence-electron chi connectivity index (χ4n) is 3.11. The Bertz CT molecular complexity index is 1000. The van der Waals surface area contributed by atoms with E-state index >= 15 is 0 Å². The molecule has 3 aromatic rings. The van der Waals surface area contributed by atoms with Crippen molar-refractivity contribution in [2.45, 2.75) is 38.4 Å². The molecule has 0 fully saturated rings. The fourth-order valence-corrected chi connectivity index (χ4v) is 3.97. The summed E-state index contributed by atoms with van der Waals surface area (Å²) in [6.45, 7) is 6.38. The Morgan fingerprint density at radius 1 is 1.17 bits per heavy atom. The number of halogens is 1. The average Bonchev–Trinajstić information content (AvgIpc) is 3.07. The van der Waals surface area contributed by atoms with Gasteiger partial charge in [-0.25, -0.2) is 4.68 Å².